The molecule has 3 unspecified atom stereocenters. The second kappa shape index (κ2) is 18.1. The van der Waals surface area contributed by atoms with Gasteiger partial charge in [0.05, 0.1) is 19.2 Å². The number of nitrogens with zero attached hydrogens (tertiary/aromatic N) is 1. The van der Waals surface area contributed by atoms with Crippen molar-refractivity contribution in [3.63, 3.8) is 0 Å². The van der Waals surface area contributed by atoms with Crippen LogP contribution in [0.4, 0.5) is 4.79 Å². The van der Waals surface area contributed by atoms with E-state index in [1.807, 2.05) is 13.8 Å². The zero-order valence-corrected chi connectivity index (χ0v) is 26.4. The number of ketones is 1. The zero-order valence-electron chi connectivity index (χ0n) is 26.4. The minimum atomic E-state index is -1.21. The number of likely N-dealkylation sites (tertiary alicyclic amines) is 1. The molecule has 0 saturated carbocycles. The molecule has 14 heteroatoms. The first-order valence-corrected chi connectivity index (χ1v) is 15.0. The molecule has 1 saturated heterocycles. The minimum Gasteiger partial charge on any atom is -0.480 e. The molecule has 244 valence electrons. The summed E-state index contributed by atoms with van der Waals surface area (Å²) in [5, 5.41) is 19.1. The van der Waals surface area contributed by atoms with Crippen molar-refractivity contribution >= 4 is 41.5 Å². The van der Waals surface area contributed by atoms with Crippen molar-refractivity contribution in [3.8, 4) is 0 Å². The van der Waals surface area contributed by atoms with E-state index >= 15 is 0 Å². The molecule has 5 amide bonds. The third-order valence-electron chi connectivity index (χ3n) is 7.23. The van der Waals surface area contributed by atoms with E-state index in [0.29, 0.717) is 25.7 Å². The molecule has 0 bridgehead atoms. The van der Waals surface area contributed by atoms with E-state index in [2.05, 4.69) is 21.3 Å². The zero-order chi connectivity index (χ0) is 32.9. The SMILES string of the molecule is CCCC(NC(=O)C1CCCN1C(=O)[C@@H](NC(=O)OCC(C)C)C(C)C)C(=O)C(=O)NCC(=O)N[C@H](C(=O)O)C(C)CC. The Hall–Kier alpha value is -3.71. The fraction of sp³-hybridized carbons (Fsp3) is 0.759. The van der Waals surface area contributed by atoms with Crippen LogP contribution in [0.1, 0.15) is 80.6 Å². The van der Waals surface area contributed by atoms with Crippen molar-refractivity contribution in [2.75, 3.05) is 19.7 Å². The molecule has 1 aliphatic rings. The summed E-state index contributed by atoms with van der Waals surface area (Å²) < 4.78 is 5.15. The van der Waals surface area contributed by atoms with Crippen molar-refractivity contribution in [2.24, 2.45) is 17.8 Å². The first kappa shape index (κ1) is 37.3. The van der Waals surface area contributed by atoms with E-state index in [0.717, 1.165) is 0 Å². The largest absolute Gasteiger partial charge is 0.480 e. The van der Waals surface area contributed by atoms with Crippen LogP contribution in [0.2, 0.25) is 0 Å². The first-order valence-electron chi connectivity index (χ1n) is 15.0. The number of nitrogens with one attached hydrogen (secondary N) is 4. The van der Waals surface area contributed by atoms with Crippen LogP contribution >= 0.6 is 0 Å². The Bertz CT molecular complexity index is 1020. The van der Waals surface area contributed by atoms with E-state index in [1.165, 1.54) is 4.90 Å². The van der Waals surface area contributed by atoms with Crippen LogP contribution in [-0.2, 0) is 33.5 Å². The van der Waals surface area contributed by atoms with Gasteiger partial charge in [-0.25, -0.2) is 9.59 Å². The van der Waals surface area contributed by atoms with Gasteiger partial charge in [0, 0.05) is 6.54 Å². The highest BCUT2D eigenvalue weighted by Gasteiger charge is 2.40. The molecule has 0 radical (unpaired) electrons. The third-order valence-corrected chi connectivity index (χ3v) is 7.23. The Morgan fingerprint density at radius 3 is 2.12 bits per heavy atom. The van der Waals surface area contributed by atoms with Crippen LogP contribution in [0.15, 0.2) is 0 Å². The summed E-state index contributed by atoms with van der Waals surface area (Å²) in [6.07, 6.45) is 1.22. The maximum absolute atomic E-state index is 13.4. The molecular formula is C29H49N5O9. The van der Waals surface area contributed by atoms with Crippen LogP contribution in [0, 0.1) is 17.8 Å². The molecule has 0 aromatic rings. The Labute approximate surface area is 253 Å². The molecule has 14 nitrogen and oxygen atoms in total. The molecule has 1 heterocycles. The van der Waals surface area contributed by atoms with Gasteiger partial charge < -0.3 is 36.0 Å². The number of alkyl carbamates (subject to hydrolysis) is 1. The number of amides is 5. The molecule has 0 aliphatic carbocycles. The number of hydrogen-bond donors (Lipinski definition) is 5. The number of aliphatic carboxylic acids is 1. The number of rotatable bonds is 17. The van der Waals surface area contributed by atoms with Crippen LogP contribution in [0.3, 0.4) is 0 Å². The molecular weight excluding hydrogens is 562 g/mol. The van der Waals surface area contributed by atoms with Gasteiger partial charge in [-0.05, 0) is 37.0 Å². The van der Waals surface area contributed by atoms with Gasteiger partial charge in [-0.3, -0.25) is 24.0 Å². The number of Topliss-reactive ketones (excluding diaryl/α,β-unsaturated/α-hetero) is 1. The molecule has 0 aromatic carbocycles. The molecule has 43 heavy (non-hydrogen) atoms. The number of carbonyl (C=O) groups excluding carboxylic acids is 6. The topological polar surface area (TPSA) is 200 Å². The maximum atomic E-state index is 13.4. The predicted molar refractivity (Wildman–Crippen MR) is 157 cm³/mol. The average Bonchev–Trinajstić information content (AvgIpc) is 3.45. The lowest BCUT2D eigenvalue weighted by atomic mass is 9.99. The fourth-order valence-corrected chi connectivity index (χ4v) is 4.55. The lowest BCUT2D eigenvalue weighted by molar-refractivity contribution is -0.144. The average molecular weight is 612 g/mol. The van der Waals surface area contributed by atoms with Crippen molar-refractivity contribution < 1.29 is 43.4 Å². The van der Waals surface area contributed by atoms with E-state index in [1.54, 1.807) is 34.6 Å². The number of ether oxygens (including phenoxy) is 1. The Morgan fingerprint density at radius 1 is 0.930 bits per heavy atom. The fourth-order valence-electron chi connectivity index (χ4n) is 4.55. The van der Waals surface area contributed by atoms with Gasteiger partial charge in [-0.2, -0.15) is 0 Å². The van der Waals surface area contributed by atoms with Gasteiger partial charge in [0.25, 0.3) is 5.91 Å². The van der Waals surface area contributed by atoms with E-state index in [-0.39, 0.29) is 37.3 Å². The molecule has 0 spiro atoms. The van der Waals surface area contributed by atoms with Crippen LogP contribution in [-0.4, -0.2) is 95.3 Å². The number of carbonyl (C=O) groups is 7. The number of carboxylic acid groups (broad SMARTS) is 1. The van der Waals surface area contributed by atoms with Gasteiger partial charge in [0.15, 0.2) is 0 Å². The molecule has 5 atom stereocenters. The highest BCUT2D eigenvalue weighted by Crippen LogP contribution is 2.21. The lowest BCUT2D eigenvalue weighted by Gasteiger charge is -2.31. The number of carboxylic acids is 1. The van der Waals surface area contributed by atoms with Crippen LogP contribution < -0.4 is 21.3 Å². The quantitative estimate of drug-likeness (QED) is 0.149. The molecule has 1 fully saturated rings. The molecule has 5 N–H and O–H groups in total. The predicted octanol–water partition coefficient (Wildman–Crippen LogP) is 0.970. The summed E-state index contributed by atoms with van der Waals surface area (Å²) in [6.45, 7) is 12.3. The minimum absolute atomic E-state index is 0.113. The van der Waals surface area contributed by atoms with Gasteiger partial charge in [-0.15, -0.1) is 0 Å². The molecule has 1 aliphatic heterocycles. The summed E-state index contributed by atoms with van der Waals surface area (Å²) in [5.41, 5.74) is 0. The maximum Gasteiger partial charge on any atom is 0.407 e. The standard InChI is InChI=1S/C29H49N5O9/c1-8-11-19(24(36)26(38)30-14-21(35)32-23(28(40)41)18(7)9-2)31-25(37)20-12-10-13-34(20)27(39)22(17(5)6)33-29(42)43-15-16(3)4/h16-20,22-23H,8-15H2,1-7H3,(H,30,38)(H,31,37)(H,32,35)(H,33,42)(H,40,41)/t18?,19?,20?,22-,23-/m0/s1. The first-order chi connectivity index (χ1) is 20.1. The Kier molecular flexibility index (Phi) is 15.7. The van der Waals surface area contributed by atoms with Crippen molar-refractivity contribution in [1.82, 2.24) is 26.2 Å². The van der Waals surface area contributed by atoms with E-state index in [4.69, 9.17) is 4.74 Å². The van der Waals surface area contributed by atoms with Gasteiger partial charge >= 0.3 is 12.1 Å². The molecule has 1 rings (SSSR count). The van der Waals surface area contributed by atoms with Gasteiger partial charge in [-0.1, -0.05) is 61.3 Å². The summed E-state index contributed by atoms with van der Waals surface area (Å²) in [5.74, 6) is -5.65. The Balaban J connectivity index is 2.87. The summed E-state index contributed by atoms with van der Waals surface area (Å²) in [4.78, 5) is 89.6. The number of hydrogen-bond acceptors (Lipinski definition) is 8. The van der Waals surface area contributed by atoms with Crippen molar-refractivity contribution in [3.05, 3.63) is 0 Å². The van der Waals surface area contributed by atoms with Gasteiger partial charge in [0.2, 0.25) is 23.5 Å². The van der Waals surface area contributed by atoms with Gasteiger partial charge in [0.1, 0.15) is 18.1 Å². The third kappa shape index (κ3) is 11.8. The summed E-state index contributed by atoms with van der Waals surface area (Å²) in [6, 6.07) is -4.18. The second-order valence-corrected chi connectivity index (χ2v) is 11.7. The normalized spacial score (nSPS) is 17.4. The van der Waals surface area contributed by atoms with E-state index < -0.39 is 72.2 Å². The summed E-state index contributed by atoms with van der Waals surface area (Å²) in [7, 11) is 0. The van der Waals surface area contributed by atoms with Crippen LogP contribution in [0.25, 0.3) is 0 Å². The van der Waals surface area contributed by atoms with Crippen molar-refractivity contribution in [2.45, 2.75) is 105 Å². The van der Waals surface area contributed by atoms with E-state index in [9.17, 15) is 38.7 Å². The van der Waals surface area contributed by atoms with Crippen molar-refractivity contribution in [1.29, 1.82) is 0 Å². The second-order valence-electron chi connectivity index (χ2n) is 11.7. The summed E-state index contributed by atoms with van der Waals surface area (Å²) >= 11 is 0. The smallest absolute Gasteiger partial charge is 0.407 e. The lowest BCUT2D eigenvalue weighted by Crippen LogP contribution is -2.57. The molecule has 0 aromatic heterocycles. The monoisotopic (exact) mass is 611 g/mol. The highest BCUT2D eigenvalue weighted by molar-refractivity contribution is 6.38. The highest BCUT2D eigenvalue weighted by atomic mass is 16.5. The van der Waals surface area contributed by atoms with Crippen LogP contribution in [0.5, 0.6) is 0 Å². The Morgan fingerprint density at radius 2 is 1.58 bits per heavy atom.